The Balaban J connectivity index is 5.22. The molecule has 0 aromatic carbocycles. The second kappa shape index (κ2) is 6.33. The first kappa shape index (κ1) is 4.88. The van der Waals surface area contributed by atoms with Crippen molar-refractivity contribution in [3.8, 4) is 0 Å². The Hall–Kier alpha value is 0.799. The van der Waals surface area contributed by atoms with Crippen LogP contribution < -0.4 is 0 Å². The van der Waals surface area contributed by atoms with Gasteiger partial charge >= 0.3 is 84.7 Å². The molecule has 0 fully saturated rings. The minimum absolute atomic E-state index is 0.470. The molecule has 68 valence electrons. The van der Waals surface area contributed by atoms with E-state index < -0.39 is 28.1 Å². The first-order valence-corrected chi connectivity index (χ1v) is 11.5. The van der Waals surface area contributed by atoms with Gasteiger partial charge in [-0.15, -0.1) is 0 Å². The number of hydrogen-bond donors (Lipinski definition) is 0. The van der Waals surface area contributed by atoms with Crippen molar-refractivity contribution in [2.45, 2.75) is 58.1 Å². The molecule has 0 aromatic rings. The summed E-state index contributed by atoms with van der Waals surface area (Å²) in [6.45, 7) is 3.96. The van der Waals surface area contributed by atoms with Gasteiger partial charge in [-0.1, -0.05) is 0 Å². The number of unbranched alkanes of at least 4 members (excludes halogenated alkanes) is 2. The van der Waals surface area contributed by atoms with E-state index in [-0.39, 0.29) is 0 Å². The van der Waals surface area contributed by atoms with Crippen LogP contribution in [0.25, 0.3) is 0 Å². The summed E-state index contributed by atoms with van der Waals surface area (Å²) in [6, 6.07) is 0. The van der Waals surface area contributed by atoms with Crippen molar-refractivity contribution in [1.29, 1.82) is 0 Å². The molecule has 0 amide bonds. The van der Waals surface area contributed by atoms with Crippen LogP contribution in [0.3, 0.4) is 0 Å². The topological polar surface area (TPSA) is 0 Å². The van der Waals surface area contributed by atoms with E-state index in [0.29, 0.717) is 8.87 Å². The van der Waals surface area contributed by atoms with Crippen molar-refractivity contribution < 1.29 is 8.22 Å². The van der Waals surface area contributed by atoms with E-state index in [1.165, 1.54) is 0 Å². The molecule has 0 nitrogen and oxygen atoms in total. The van der Waals surface area contributed by atoms with Crippen molar-refractivity contribution in [1.82, 2.24) is 0 Å². The van der Waals surface area contributed by atoms with Crippen molar-refractivity contribution in [3.05, 3.63) is 0 Å². The van der Waals surface area contributed by atoms with Gasteiger partial charge < -0.3 is 0 Å². The van der Waals surface area contributed by atoms with Gasteiger partial charge in [-0.2, -0.15) is 0 Å². The third-order valence-corrected chi connectivity index (χ3v) is 8.80. The number of hydrogen-bond acceptors (Lipinski definition) is 0. The molecule has 0 aliphatic heterocycles. The second-order valence-corrected chi connectivity index (χ2v) is 12.3. The van der Waals surface area contributed by atoms with E-state index in [4.69, 9.17) is 8.22 Å². The Morgan fingerprint density at radius 1 is 1.00 bits per heavy atom. The molecule has 0 unspecified atom stereocenters. The minimum atomic E-state index is -4.12. The van der Waals surface area contributed by atoms with Gasteiger partial charge in [0.25, 0.3) is 0 Å². The van der Waals surface area contributed by atoms with E-state index in [1.54, 1.807) is 0 Å². The molecule has 0 aliphatic carbocycles. The van der Waals surface area contributed by atoms with Crippen molar-refractivity contribution >= 4 is 18.4 Å². The van der Waals surface area contributed by atoms with Gasteiger partial charge in [-0.3, -0.25) is 0 Å². The monoisotopic (exact) mass is 270 g/mol. The molecule has 0 saturated heterocycles. The quantitative estimate of drug-likeness (QED) is 0.631. The van der Waals surface area contributed by atoms with Crippen LogP contribution in [0.15, 0.2) is 0 Å². The first-order chi connectivity index (χ1) is 7.62. The normalized spacial score (nSPS) is 22.4. The average Bonchev–Trinajstić information content (AvgIpc) is 2.14. The Kier molecular flexibility index (Phi) is 2.81. The molecule has 0 bridgehead atoms. The van der Waals surface area contributed by atoms with Crippen molar-refractivity contribution in [2.24, 2.45) is 0 Å². The van der Waals surface area contributed by atoms with Gasteiger partial charge in [0.05, 0.1) is 0 Å². The zero-order chi connectivity index (χ0) is 13.7. The molecule has 0 N–H and O–H groups in total. The third kappa shape index (κ3) is 7.17. The Morgan fingerprint density at radius 3 is 1.73 bits per heavy atom. The molecule has 0 aliphatic rings. The van der Waals surface area contributed by atoms with Gasteiger partial charge in [0.2, 0.25) is 0 Å². The summed E-state index contributed by atoms with van der Waals surface area (Å²) in [6.07, 6.45) is 3.24. The molecular formula is C10H24Sn. The Bertz CT molecular complexity index is 196. The zero-order valence-corrected chi connectivity index (χ0v) is 10.6. The van der Waals surface area contributed by atoms with E-state index in [9.17, 15) is 0 Å². The van der Waals surface area contributed by atoms with Crippen LogP contribution in [0.5, 0.6) is 0 Å². The fraction of sp³-hybridized carbons (Fsp3) is 1.00. The second-order valence-electron chi connectivity index (χ2n) is 3.29. The van der Waals surface area contributed by atoms with Crippen LogP contribution in [0.4, 0.5) is 0 Å². The predicted octanol–water partition coefficient (Wildman–Crippen LogP) is 4.30. The maximum atomic E-state index is 7.72. The Labute approximate surface area is 85.1 Å². The summed E-state index contributed by atoms with van der Waals surface area (Å²) < 4.78 is 47.2. The molecule has 0 spiro atoms. The molecule has 0 aromatic heterocycles. The number of rotatable bonds is 6. The summed E-state index contributed by atoms with van der Waals surface area (Å²) in [4.78, 5) is -4.41. The van der Waals surface area contributed by atoms with Crippen molar-refractivity contribution in [2.75, 3.05) is 0 Å². The fourth-order valence-corrected chi connectivity index (χ4v) is 7.26. The van der Waals surface area contributed by atoms with Gasteiger partial charge in [0, 0.05) is 0 Å². The van der Waals surface area contributed by atoms with Crippen LogP contribution in [-0.4, -0.2) is 18.4 Å². The van der Waals surface area contributed by atoms with Crippen LogP contribution in [0.1, 0.15) is 47.8 Å². The molecule has 0 radical (unpaired) electrons. The SMILES string of the molecule is [2H][C]([2H])([2H])[Sn]([CH2]CCC)([CH2]CCC)[C]([2H])([2H])[2H]. The van der Waals surface area contributed by atoms with Crippen LogP contribution >= 0.6 is 0 Å². The standard InChI is InChI=1S/2C4H9.2CH3.Sn/c2*1-3-4-2;;;/h2*1,3-4H2,2H3;2*1H3;/i;;2*1D3;. The molecular weight excluding hydrogens is 239 g/mol. The zero-order valence-electron chi connectivity index (χ0n) is 13.7. The van der Waals surface area contributed by atoms with E-state index in [1.807, 2.05) is 13.8 Å². The summed E-state index contributed by atoms with van der Waals surface area (Å²) in [5.41, 5.74) is 0. The first-order valence-electron chi connectivity index (χ1n) is 7.62. The summed E-state index contributed by atoms with van der Waals surface area (Å²) >= 11 is -4.12. The molecule has 0 atom stereocenters. The van der Waals surface area contributed by atoms with Crippen LogP contribution in [0, 0.1) is 0 Å². The fourth-order valence-electron chi connectivity index (χ4n) is 1.08. The van der Waals surface area contributed by atoms with E-state index >= 15 is 0 Å². The van der Waals surface area contributed by atoms with Crippen LogP contribution in [0.2, 0.25) is 18.6 Å². The molecule has 0 rings (SSSR count). The molecule has 0 heterocycles. The maximum absolute atomic E-state index is 7.72. The predicted molar refractivity (Wildman–Crippen MR) is 56.9 cm³/mol. The van der Waals surface area contributed by atoms with Gasteiger partial charge in [-0.05, 0) is 0 Å². The van der Waals surface area contributed by atoms with E-state index in [2.05, 4.69) is 0 Å². The summed E-state index contributed by atoms with van der Waals surface area (Å²) in [5, 5.41) is 0. The van der Waals surface area contributed by atoms with Gasteiger partial charge in [0.1, 0.15) is 0 Å². The summed E-state index contributed by atoms with van der Waals surface area (Å²) in [5.74, 6) is 0. The van der Waals surface area contributed by atoms with Crippen LogP contribution in [-0.2, 0) is 0 Å². The molecule has 1 heteroatoms. The average molecular weight is 269 g/mol. The van der Waals surface area contributed by atoms with Gasteiger partial charge in [-0.25, -0.2) is 0 Å². The van der Waals surface area contributed by atoms with Crippen molar-refractivity contribution in [3.63, 3.8) is 0 Å². The Morgan fingerprint density at radius 2 is 1.45 bits per heavy atom. The summed E-state index contributed by atoms with van der Waals surface area (Å²) in [7, 11) is 0. The van der Waals surface area contributed by atoms with Gasteiger partial charge in [0.15, 0.2) is 0 Å². The third-order valence-electron chi connectivity index (χ3n) is 1.91. The molecule has 11 heavy (non-hydrogen) atoms. The molecule has 0 saturated carbocycles. The van der Waals surface area contributed by atoms with E-state index in [0.717, 1.165) is 25.7 Å².